The standard InChI is InChI=1S/C26H55N.ClH/c1-4-7-8-9-10-11-12-13-14-15-16-17-18-19-20-21-22-23-24-25-26(27,5-2)6-3;/h4-25,27H2,1-3H3;1H. The molecule has 0 unspecified atom stereocenters. The Labute approximate surface area is 185 Å². The third-order valence-electron chi connectivity index (χ3n) is 6.69. The number of nitrogens with two attached hydrogens (primary N) is 1. The lowest BCUT2D eigenvalue weighted by Crippen LogP contribution is -2.38. The molecule has 0 saturated heterocycles. The summed E-state index contributed by atoms with van der Waals surface area (Å²) in [5.41, 5.74) is 6.49. The van der Waals surface area contributed by atoms with Crippen LogP contribution in [0.5, 0.6) is 0 Å². The van der Waals surface area contributed by atoms with E-state index in [9.17, 15) is 0 Å². The van der Waals surface area contributed by atoms with Crippen molar-refractivity contribution in [2.24, 2.45) is 5.73 Å². The molecule has 0 spiro atoms. The van der Waals surface area contributed by atoms with Crippen molar-refractivity contribution < 1.29 is 0 Å². The highest BCUT2D eigenvalue weighted by molar-refractivity contribution is 5.85. The molecule has 0 atom stereocenters. The molecule has 0 aliphatic rings. The second kappa shape index (κ2) is 23.5. The summed E-state index contributed by atoms with van der Waals surface area (Å²) in [6, 6.07) is 0. The lowest BCUT2D eigenvalue weighted by atomic mass is 9.88. The molecule has 2 N–H and O–H groups in total. The molecule has 28 heavy (non-hydrogen) atoms. The van der Waals surface area contributed by atoms with Gasteiger partial charge in [0.2, 0.25) is 0 Å². The van der Waals surface area contributed by atoms with E-state index in [0.29, 0.717) is 0 Å². The molecule has 0 aliphatic heterocycles. The summed E-state index contributed by atoms with van der Waals surface area (Å²) < 4.78 is 0. The molecule has 0 amide bonds. The lowest BCUT2D eigenvalue weighted by Gasteiger charge is -2.26. The van der Waals surface area contributed by atoms with Gasteiger partial charge in [-0.25, -0.2) is 0 Å². The van der Waals surface area contributed by atoms with E-state index >= 15 is 0 Å². The van der Waals surface area contributed by atoms with Gasteiger partial charge in [-0.05, 0) is 19.3 Å². The van der Waals surface area contributed by atoms with Crippen LogP contribution in [0, 0.1) is 0 Å². The second-order valence-corrected chi connectivity index (χ2v) is 9.18. The fraction of sp³-hybridized carbons (Fsp3) is 1.00. The van der Waals surface area contributed by atoms with Crippen molar-refractivity contribution in [1.29, 1.82) is 0 Å². The minimum atomic E-state index is 0. The number of hydrogen-bond acceptors (Lipinski definition) is 1. The molecule has 0 fully saturated rings. The fourth-order valence-corrected chi connectivity index (χ4v) is 4.16. The Bertz CT molecular complexity index is 276. The molecule has 0 heterocycles. The summed E-state index contributed by atoms with van der Waals surface area (Å²) in [6.45, 7) is 6.77. The molecule has 172 valence electrons. The van der Waals surface area contributed by atoms with Gasteiger partial charge in [-0.3, -0.25) is 0 Å². The number of halogens is 1. The maximum absolute atomic E-state index is 6.37. The normalized spacial score (nSPS) is 11.6. The molecule has 0 aromatic rings. The summed E-state index contributed by atoms with van der Waals surface area (Å²) in [7, 11) is 0. The second-order valence-electron chi connectivity index (χ2n) is 9.18. The Morgan fingerprint density at radius 2 is 0.679 bits per heavy atom. The van der Waals surface area contributed by atoms with Crippen LogP contribution in [0.2, 0.25) is 0 Å². The number of rotatable bonds is 22. The third-order valence-corrected chi connectivity index (χ3v) is 6.69. The topological polar surface area (TPSA) is 26.0 Å². The molecular weight excluding hydrogens is 362 g/mol. The number of hydrogen-bond donors (Lipinski definition) is 1. The van der Waals surface area contributed by atoms with Gasteiger partial charge in [0.1, 0.15) is 0 Å². The van der Waals surface area contributed by atoms with E-state index in [1.807, 2.05) is 0 Å². The maximum Gasteiger partial charge on any atom is 0.0149 e. The van der Waals surface area contributed by atoms with Crippen molar-refractivity contribution >= 4 is 12.4 Å². The van der Waals surface area contributed by atoms with Crippen LogP contribution in [0.15, 0.2) is 0 Å². The van der Waals surface area contributed by atoms with Gasteiger partial charge in [0.15, 0.2) is 0 Å². The molecule has 0 aromatic heterocycles. The molecule has 2 heteroatoms. The first-order valence-corrected chi connectivity index (χ1v) is 13.0. The zero-order valence-electron chi connectivity index (χ0n) is 20.0. The molecule has 0 aromatic carbocycles. The average molecular weight is 418 g/mol. The SMILES string of the molecule is CCCCCCCCCCCCCCCCCCCCCC(N)(CC)CC.Cl. The Balaban J connectivity index is 0. The highest BCUT2D eigenvalue weighted by Gasteiger charge is 2.18. The van der Waals surface area contributed by atoms with Crippen LogP contribution in [0.25, 0.3) is 0 Å². The fourth-order valence-electron chi connectivity index (χ4n) is 4.16. The predicted molar refractivity (Wildman–Crippen MR) is 133 cm³/mol. The highest BCUT2D eigenvalue weighted by Crippen LogP contribution is 2.20. The van der Waals surface area contributed by atoms with E-state index in [2.05, 4.69) is 20.8 Å². The zero-order chi connectivity index (χ0) is 20.1. The van der Waals surface area contributed by atoms with Crippen molar-refractivity contribution in [2.45, 2.75) is 168 Å². The van der Waals surface area contributed by atoms with Gasteiger partial charge < -0.3 is 5.73 Å². The van der Waals surface area contributed by atoms with Crippen molar-refractivity contribution in [1.82, 2.24) is 0 Å². The van der Waals surface area contributed by atoms with Gasteiger partial charge in [0, 0.05) is 5.54 Å². The smallest absolute Gasteiger partial charge is 0.0149 e. The maximum atomic E-state index is 6.37. The molecule has 0 bridgehead atoms. The average Bonchev–Trinajstić information content (AvgIpc) is 2.69. The summed E-state index contributed by atoms with van der Waals surface area (Å²) >= 11 is 0. The summed E-state index contributed by atoms with van der Waals surface area (Å²) in [5, 5.41) is 0. The first-order chi connectivity index (χ1) is 13.2. The van der Waals surface area contributed by atoms with E-state index < -0.39 is 0 Å². The monoisotopic (exact) mass is 417 g/mol. The van der Waals surface area contributed by atoms with Crippen molar-refractivity contribution in [3.05, 3.63) is 0 Å². The van der Waals surface area contributed by atoms with Crippen LogP contribution < -0.4 is 5.73 Å². The number of unbranched alkanes of at least 4 members (excludes halogenated alkanes) is 18. The largest absolute Gasteiger partial charge is 0.325 e. The summed E-state index contributed by atoms with van der Waals surface area (Å²) in [6.07, 6.45) is 31.0. The van der Waals surface area contributed by atoms with Gasteiger partial charge in [0.05, 0.1) is 0 Å². The zero-order valence-corrected chi connectivity index (χ0v) is 20.9. The first kappa shape index (κ1) is 30.4. The van der Waals surface area contributed by atoms with Gasteiger partial charge in [0.25, 0.3) is 0 Å². The van der Waals surface area contributed by atoms with Crippen LogP contribution in [0.1, 0.15) is 162 Å². The molecule has 0 radical (unpaired) electrons. The predicted octanol–water partition coefficient (Wildman–Crippen LogP) is 9.75. The minimum absolute atomic E-state index is 0. The molecule has 0 rings (SSSR count). The van der Waals surface area contributed by atoms with Gasteiger partial charge in [-0.15, -0.1) is 12.4 Å². The summed E-state index contributed by atoms with van der Waals surface area (Å²) in [5.74, 6) is 0. The van der Waals surface area contributed by atoms with Crippen LogP contribution in [0.4, 0.5) is 0 Å². The minimum Gasteiger partial charge on any atom is -0.325 e. The van der Waals surface area contributed by atoms with Gasteiger partial charge in [-0.2, -0.15) is 0 Å². The van der Waals surface area contributed by atoms with E-state index in [1.165, 1.54) is 128 Å². The Hall–Kier alpha value is 0.250. The van der Waals surface area contributed by atoms with E-state index in [4.69, 9.17) is 5.73 Å². The van der Waals surface area contributed by atoms with Gasteiger partial charge >= 0.3 is 0 Å². The van der Waals surface area contributed by atoms with Crippen LogP contribution in [0.3, 0.4) is 0 Å². The molecule has 1 nitrogen and oxygen atoms in total. The third kappa shape index (κ3) is 21.0. The van der Waals surface area contributed by atoms with Gasteiger partial charge in [-0.1, -0.05) is 143 Å². The highest BCUT2D eigenvalue weighted by atomic mass is 35.5. The quantitative estimate of drug-likeness (QED) is 0.174. The summed E-state index contributed by atoms with van der Waals surface area (Å²) in [4.78, 5) is 0. The molecule has 0 aliphatic carbocycles. The van der Waals surface area contributed by atoms with Crippen molar-refractivity contribution in [3.63, 3.8) is 0 Å². The molecule has 0 saturated carbocycles. The molecular formula is C26H56ClN. The lowest BCUT2D eigenvalue weighted by molar-refractivity contribution is 0.350. The Kier molecular flexibility index (Phi) is 25.6. The van der Waals surface area contributed by atoms with E-state index in [-0.39, 0.29) is 17.9 Å². The Morgan fingerprint density at radius 1 is 0.429 bits per heavy atom. The van der Waals surface area contributed by atoms with Crippen molar-refractivity contribution in [2.75, 3.05) is 0 Å². The van der Waals surface area contributed by atoms with E-state index in [1.54, 1.807) is 0 Å². The van der Waals surface area contributed by atoms with Crippen LogP contribution >= 0.6 is 12.4 Å². The van der Waals surface area contributed by atoms with Crippen LogP contribution in [-0.2, 0) is 0 Å². The Morgan fingerprint density at radius 3 is 0.929 bits per heavy atom. The van der Waals surface area contributed by atoms with Crippen LogP contribution in [-0.4, -0.2) is 5.54 Å². The van der Waals surface area contributed by atoms with E-state index in [0.717, 1.165) is 12.8 Å². The first-order valence-electron chi connectivity index (χ1n) is 13.0. The van der Waals surface area contributed by atoms with Crippen molar-refractivity contribution in [3.8, 4) is 0 Å².